The van der Waals surface area contributed by atoms with E-state index in [9.17, 15) is 9.90 Å². The molecule has 1 aromatic carbocycles. The van der Waals surface area contributed by atoms with E-state index in [1.807, 2.05) is 0 Å². The summed E-state index contributed by atoms with van der Waals surface area (Å²) in [6.07, 6.45) is 6.48. The van der Waals surface area contributed by atoms with Crippen LogP contribution in [-0.2, 0) is 0 Å². The van der Waals surface area contributed by atoms with Crippen LogP contribution in [0.4, 0.5) is 0 Å². The Morgan fingerprint density at radius 3 is 2.70 bits per heavy atom. The van der Waals surface area contributed by atoms with Gasteiger partial charge in [-0.25, -0.2) is 5.43 Å². The highest BCUT2D eigenvalue weighted by molar-refractivity contribution is 5.98. The van der Waals surface area contributed by atoms with E-state index < -0.39 is 0 Å². The molecule has 23 heavy (non-hydrogen) atoms. The summed E-state index contributed by atoms with van der Waals surface area (Å²) >= 11 is 0. The number of hydrogen-bond donors (Lipinski definition) is 2. The van der Waals surface area contributed by atoms with Crippen molar-refractivity contribution in [3.8, 4) is 5.75 Å². The third-order valence-corrected chi connectivity index (χ3v) is 6.36. The Labute approximate surface area is 137 Å². The number of para-hydroxylation sites is 1. The summed E-state index contributed by atoms with van der Waals surface area (Å²) in [6, 6.07) is 6.58. The number of carbonyl (C=O) groups excluding carboxylic acids is 1. The van der Waals surface area contributed by atoms with E-state index in [2.05, 4.69) is 17.5 Å². The lowest BCUT2D eigenvalue weighted by Crippen LogP contribution is -2.36. The summed E-state index contributed by atoms with van der Waals surface area (Å²) in [5.41, 5.74) is 4.06. The average Bonchev–Trinajstić information content (AvgIpc) is 3.14. The summed E-state index contributed by atoms with van der Waals surface area (Å²) in [5, 5.41) is 14.2. The molecule has 2 bridgehead atoms. The van der Waals surface area contributed by atoms with Gasteiger partial charge in [0, 0.05) is 5.71 Å². The van der Waals surface area contributed by atoms with E-state index in [1.165, 1.54) is 31.7 Å². The second-order valence-corrected chi connectivity index (χ2v) is 7.56. The molecule has 3 saturated carbocycles. The molecule has 0 aromatic heterocycles. The molecule has 122 valence electrons. The first kappa shape index (κ1) is 14.7. The molecule has 0 radical (unpaired) electrons. The van der Waals surface area contributed by atoms with Crippen LogP contribution in [0, 0.1) is 29.6 Å². The monoisotopic (exact) mass is 312 g/mol. The Kier molecular flexibility index (Phi) is 3.63. The first-order chi connectivity index (χ1) is 11.1. The van der Waals surface area contributed by atoms with E-state index in [1.54, 1.807) is 18.2 Å². The van der Waals surface area contributed by atoms with Crippen molar-refractivity contribution in [1.29, 1.82) is 0 Å². The second-order valence-electron chi connectivity index (χ2n) is 7.56. The molecule has 0 aliphatic heterocycles. The van der Waals surface area contributed by atoms with Crippen LogP contribution in [0.15, 0.2) is 29.4 Å². The highest BCUT2D eigenvalue weighted by Gasteiger charge is 2.50. The number of hydrogen-bond acceptors (Lipinski definition) is 3. The van der Waals surface area contributed by atoms with Gasteiger partial charge in [0.1, 0.15) is 5.75 Å². The molecule has 0 spiro atoms. The lowest BCUT2D eigenvalue weighted by Gasteiger charge is -2.38. The van der Waals surface area contributed by atoms with Crippen molar-refractivity contribution in [3.05, 3.63) is 29.8 Å². The molecular weight excluding hydrogens is 288 g/mol. The van der Waals surface area contributed by atoms with Gasteiger partial charge in [-0.15, -0.1) is 0 Å². The van der Waals surface area contributed by atoms with E-state index in [0.717, 1.165) is 35.8 Å². The highest BCUT2D eigenvalue weighted by atomic mass is 16.3. The Bertz CT molecular complexity index is 655. The lowest BCUT2D eigenvalue weighted by atomic mass is 9.67. The van der Waals surface area contributed by atoms with Crippen molar-refractivity contribution in [3.63, 3.8) is 0 Å². The number of aromatic hydroxyl groups is 1. The number of hydrazone groups is 1. The van der Waals surface area contributed by atoms with Gasteiger partial charge in [-0.3, -0.25) is 4.79 Å². The highest BCUT2D eigenvalue weighted by Crippen LogP contribution is 2.57. The van der Waals surface area contributed by atoms with E-state index in [-0.39, 0.29) is 17.2 Å². The van der Waals surface area contributed by atoms with Crippen LogP contribution < -0.4 is 5.43 Å². The van der Waals surface area contributed by atoms with Crippen molar-refractivity contribution in [2.45, 2.75) is 39.0 Å². The zero-order chi connectivity index (χ0) is 16.0. The van der Waals surface area contributed by atoms with Gasteiger partial charge in [0.2, 0.25) is 0 Å². The zero-order valence-electron chi connectivity index (χ0n) is 13.5. The first-order valence-corrected chi connectivity index (χ1v) is 8.78. The van der Waals surface area contributed by atoms with Gasteiger partial charge in [0.15, 0.2) is 0 Å². The number of nitrogens with zero attached hydrogens (tertiary/aromatic N) is 1. The van der Waals surface area contributed by atoms with Gasteiger partial charge in [0.25, 0.3) is 5.91 Å². The van der Waals surface area contributed by atoms with Crippen LogP contribution in [0.3, 0.4) is 0 Å². The maximum Gasteiger partial charge on any atom is 0.275 e. The molecule has 0 saturated heterocycles. The summed E-state index contributed by atoms with van der Waals surface area (Å²) in [4.78, 5) is 12.2. The third-order valence-electron chi connectivity index (χ3n) is 6.36. The van der Waals surface area contributed by atoms with Crippen molar-refractivity contribution in [2.75, 3.05) is 0 Å². The van der Waals surface area contributed by atoms with E-state index in [4.69, 9.17) is 0 Å². The van der Waals surface area contributed by atoms with E-state index >= 15 is 0 Å². The Morgan fingerprint density at radius 1 is 1.17 bits per heavy atom. The van der Waals surface area contributed by atoms with Gasteiger partial charge < -0.3 is 5.11 Å². The molecule has 4 heteroatoms. The number of phenols is 1. The van der Waals surface area contributed by atoms with Gasteiger partial charge in [0.05, 0.1) is 5.56 Å². The normalized spacial score (nSPS) is 36.9. The molecule has 1 amide bonds. The Morgan fingerprint density at radius 2 is 1.91 bits per heavy atom. The van der Waals surface area contributed by atoms with Crippen LogP contribution in [0.25, 0.3) is 0 Å². The summed E-state index contributed by atoms with van der Waals surface area (Å²) in [6.45, 7) is 2.23. The maximum absolute atomic E-state index is 12.2. The number of carbonyl (C=O) groups is 1. The third kappa shape index (κ3) is 2.54. The van der Waals surface area contributed by atoms with Crippen LogP contribution in [0.2, 0.25) is 0 Å². The standard InChI is InChI=1S/C19H24N2O2/c1-11-8-15-12-6-7-13(9-12)16(15)10-17(11)20-21-19(23)14-4-2-3-5-18(14)22/h2-5,11-13,15-16,22H,6-10H2,1H3,(H,21,23)/b20-17+/t11-,12+,13+,15-,16-/m1/s1. The molecule has 4 nitrogen and oxygen atoms in total. The fraction of sp³-hybridized carbons (Fsp3) is 0.579. The van der Waals surface area contributed by atoms with Crippen molar-refractivity contribution < 1.29 is 9.90 Å². The molecule has 5 atom stereocenters. The van der Waals surface area contributed by atoms with E-state index in [0.29, 0.717) is 5.92 Å². The number of rotatable bonds is 2. The van der Waals surface area contributed by atoms with Crippen LogP contribution in [-0.4, -0.2) is 16.7 Å². The molecular formula is C19H24N2O2. The van der Waals surface area contributed by atoms with Gasteiger partial charge in [-0.2, -0.15) is 5.10 Å². The largest absolute Gasteiger partial charge is 0.507 e. The van der Waals surface area contributed by atoms with Gasteiger partial charge in [-0.05, 0) is 73.8 Å². The molecule has 3 fully saturated rings. The molecule has 0 heterocycles. The number of benzene rings is 1. The lowest BCUT2D eigenvalue weighted by molar-refractivity contribution is 0.0951. The predicted octanol–water partition coefficient (Wildman–Crippen LogP) is 3.57. The zero-order valence-corrected chi connectivity index (χ0v) is 13.5. The fourth-order valence-electron chi connectivity index (χ4n) is 5.21. The minimum absolute atomic E-state index is 0.00457. The number of fused-ring (bicyclic) bond motifs is 5. The minimum Gasteiger partial charge on any atom is -0.507 e. The number of phenolic OH excluding ortho intramolecular Hbond substituents is 1. The first-order valence-electron chi connectivity index (χ1n) is 8.78. The van der Waals surface area contributed by atoms with Crippen molar-refractivity contribution in [1.82, 2.24) is 5.43 Å². The quantitative estimate of drug-likeness (QED) is 0.820. The average molecular weight is 312 g/mol. The smallest absolute Gasteiger partial charge is 0.275 e. The van der Waals surface area contributed by atoms with Gasteiger partial charge >= 0.3 is 0 Å². The predicted molar refractivity (Wildman–Crippen MR) is 89.2 cm³/mol. The molecule has 0 unspecified atom stereocenters. The minimum atomic E-state index is -0.335. The van der Waals surface area contributed by atoms with Crippen LogP contribution in [0.5, 0.6) is 5.75 Å². The maximum atomic E-state index is 12.2. The van der Waals surface area contributed by atoms with Gasteiger partial charge in [-0.1, -0.05) is 19.1 Å². The summed E-state index contributed by atoms with van der Waals surface area (Å²) < 4.78 is 0. The molecule has 1 aromatic rings. The summed E-state index contributed by atoms with van der Waals surface area (Å²) in [7, 11) is 0. The second kappa shape index (κ2) is 5.66. The molecule has 2 N–H and O–H groups in total. The SMILES string of the molecule is C[C@@H]1C[C@@H]2[C@H]3CC[C@@H](C3)[C@H]2C/C1=N\NC(=O)c1ccccc1O. The molecule has 3 aliphatic rings. The fourth-order valence-corrected chi connectivity index (χ4v) is 5.21. The summed E-state index contributed by atoms with van der Waals surface area (Å²) in [5.74, 6) is 3.61. The Hall–Kier alpha value is -1.84. The van der Waals surface area contributed by atoms with Crippen molar-refractivity contribution >= 4 is 11.6 Å². The Balaban J connectivity index is 1.46. The van der Waals surface area contributed by atoms with Crippen LogP contribution in [0.1, 0.15) is 49.4 Å². The van der Waals surface area contributed by atoms with Crippen molar-refractivity contribution in [2.24, 2.45) is 34.7 Å². The topological polar surface area (TPSA) is 61.7 Å². The number of amides is 1. The molecule has 4 rings (SSSR count). The molecule has 3 aliphatic carbocycles. The number of nitrogens with one attached hydrogen (secondary N) is 1. The van der Waals surface area contributed by atoms with Crippen LogP contribution >= 0.6 is 0 Å².